The van der Waals surface area contributed by atoms with Crippen molar-refractivity contribution in [3.63, 3.8) is 0 Å². The van der Waals surface area contributed by atoms with Crippen LogP contribution in [0.4, 0.5) is 11.6 Å². The molecule has 2 aliphatic heterocycles. The Kier molecular flexibility index (Phi) is 8.16. The number of nitrogens with zero attached hydrogens (tertiary/aromatic N) is 5. The standard InChI is InChI=1S/C22H22N7O14P/c23-22-25-18-15(19(35)26-22)24-8-28(18)21-16(34)17-12(42-21)7-41-44(39,43-17)40-6-10-2-1-9(3-11(10)29(37)38)20(36)27(4-13(30)31)5-14(32)33/h1-3,8,12,16-17,21,34H,4-7H2,(H,30,31)(H,32,33)(H3,23,25,26,35)/t12-,16-,17-,21-,44-/m1/s1. The molecule has 44 heavy (non-hydrogen) atoms. The average molecular weight is 639 g/mol. The number of fused-ring (bicyclic) bond motifs is 2. The molecule has 1 amide bonds. The number of carbonyl (C=O) groups excluding carboxylic acids is 1. The Morgan fingerprint density at radius 3 is 2.64 bits per heavy atom. The van der Waals surface area contributed by atoms with Gasteiger partial charge in [-0.2, -0.15) is 4.98 Å². The number of anilines is 1. The highest BCUT2D eigenvalue weighted by atomic mass is 31.2. The fourth-order valence-corrected chi connectivity index (χ4v) is 5.98. The van der Waals surface area contributed by atoms with Crippen LogP contribution in [0, 0.1) is 10.1 Å². The van der Waals surface area contributed by atoms with Crippen molar-refractivity contribution in [1.29, 1.82) is 0 Å². The maximum Gasteiger partial charge on any atom is 0.475 e. The topological polar surface area (TPSA) is 302 Å². The Bertz CT molecular complexity index is 1760. The van der Waals surface area contributed by atoms with Gasteiger partial charge in [0, 0.05) is 11.6 Å². The van der Waals surface area contributed by atoms with E-state index in [0.29, 0.717) is 4.90 Å². The molecule has 2 fully saturated rings. The third-order valence-electron chi connectivity index (χ3n) is 6.53. The zero-order chi connectivity index (χ0) is 31.9. The molecular weight excluding hydrogens is 617 g/mol. The third kappa shape index (κ3) is 6.00. The van der Waals surface area contributed by atoms with Crippen molar-refractivity contribution >= 4 is 48.5 Å². The molecule has 4 heterocycles. The molecule has 0 unspecified atom stereocenters. The molecule has 0 aliphatic carbocycles. The minimum atomic E-state index is -4.47. The largest absolute Gasteiger partial charge is 0.480 e. The van der Waals surface area contributed by atoms with Gasteiger partial charge in [0.25, 0.3) is 17.2 Å². The summed E-state index contributed by atoms with van der Waals surface area (Å²) in [6.45, 7) is -3.07. The molecule has 6 N–H and O–H groups in total. The summed E-state index contributed by atoms with van der Waals surface area (Å²) in [5.74, 6) is -4.31. The van der Waals surface area contributed by atoms with Crippen molar-refractivity contribution in [2.24, 2.45) is 0 Å². The molecule has 5 atom stereocenters. The Morgan fingerprint density at radius 2 is 1.98 bits per heavy atom. The van der Waals surface area contributed by atoms with E-state index in [-0.39, 0.29) is 28.2 Å². The summed E-state index contributed by atoms with van der Waals surface area (Å²) < 4.78 is 36.2. The fourth-order valence-electron chi connectivity index (χ4n) is 4.60. The van der Waals surface area contributed by atoms with Crippen molar-refractivity contribution in [2.75, 3.05) is 25.4 Å². The summed E-state index contributed by atoms with van der Waals surface area (Å²) in [5.41, 5.74) is 3.62. The van der Waals surface area contributed by atoms with Crippen molar-refractivity contribution in [3.05, 3.63) is 56.1 Å². The normalized spacial score (nSPS) is 24.6. The van der Waals surface area contributed by atoms with Gasteiger partial charge in [0.05, 0.1) is 30.0 Å². The van der Waals surface area contributed by atoms with Crippen LogP contribution in [0.5, 0.6) is 0 Å². The van der Waals surface area contributed by atoms with Crippen LogP contribution in [0.15, 0.2) is 29.3 Å². The quantitative estimate of drug-likeness (QED) is 0.103. The lowest BCUT2D eigenvalue weighted by atomic mass is 10.1. The first kappa shape index (κ1) is 30.7. The van der Waals surface area contributed by atoms with Crippen LogP contribution >= 0.6 is 7.82 Å². The van der Waals surface area contributed by atoms with Crippen LogP contribution in [0.3, 0.4) is 0 Å². The number of rotatable bonds is 10. The Hall–Kier alpha value is -4.79. The fraction of sp³-hybridized carbons (Fsp3) is 0.364. The number of H-pyrrole nitrogens is 1. The molecule has 1 aromatic carbocycles. The smallest absolute Gasteiger partial charge is 0.475 e. The number of nitrogen functional groups attached to an aromatic ring is 1. The molecule has 0 spiro atoms. The average Bonchev–Trinajstić information content (AvgIpc) is 3.51. The van der Waals surface area contributed by atoms with E-state index in [1.165, 1.54) is 10.9 Å². The molecule has 22 heteroatoms. The molecule has 2 saturated heterocycles. The minimum absolute atomic E-state index is 0.00224. The molecule has 5 rings (SSSR count). The highest BCUT2D eigenvalue weighted by molar-refractivity contribution is 7.48. The van der Waals surface area contributed by atoms with Gasteiger partial charge in [0.15, 0.2) is 17.4 Å². The maximum atomic E-state index is 13.3. The van der Waals surface area contributed by atoms with E-state index in [4.69, 9.17) is 34.3 Å². The van der Waals surface area contributed by atoms with Crippen molar-refractivity contribution < 1.29 is 57.5 Å². The SMILES string of the molecule is Nc1nc2c(ncn2[C@@H]2O[C@@H]3CO[P@@](=O)(OCc4ccc(C(=O)N(CC(=O)O)CC(=O)O)cc4[N+](=O)[O-])O[C@H]3[C@H]2O)c(=O)[nH]1. The number of nitrogens with one attached hydrogen (secondary N) is 1. The third-order valence-corrected chi connectivity index (χ3v) is 7.94. The van der Waals surface area contributed by atoms with Gasteiger partial charge in [0.2, 0.25) is 5.95 Å². The molecular formula is C22H22N7O14P. The first-order valence-electron chi connectivity index (χ1n) is 12.4. The lowest BCUT2D eigenvalue weighted by molar-refractivity contribution is -0.385. The molecule has 234 valence electrons. The number of aliphatic carboxylic acids is 2. The molecule has 3 aromatic rings. The molecule has 0 bridgehead atoms. The predicted octanol–water partition coefficient (Wildman–Crippen LogP) is -0.780. The van der Waals surface area contributed by atoms with E-state index in [9.17, 15) is 39.0 Å². The number of aromatic amines is 1. The van der Waals surface area contributed by atoms with Crippen molar-refractivity contribution in [3.8, 4) is 0 Å². The van der Waals surface area contributed by atoms with Crippen LogP contribution in [0.25, 0.3) is 11.2 Å². The Morgan fingerprint density at radius 1 is 1.27 bits per heavy atom. The van der Waals surface area contributed by atoms with E-state index >= 15 is 0 Å². The summed E-state index contributed by atoms with van der Waals surface area (Å²) in [6, 6.07) is 2.92. The van der Waals surface area contributed by atoms with E-state index in [2.05, 4.69) is 15.0 Å². The highest BCUT2D eigenvalue weighted by Crippen LogP contribution is 2.57. The van der Waals surface area contributed by atoms with Crippen LogP contribution in [-0.4, -0.2) is 101 Å². The number of hydrogen-bond acceptors (Lipinski definition) is 15. The second-order valence-electron chi connectivity index (χ2n) is 9.47. The molecule has 2 aromatic heterocycles. The zero-order valence-electron chi connectivity index (χ0n) is 22.0. The number of ether oxygens (including phenoxy) is 1. The molecule has 21 nitrogen and oxygen atoms in total. The number of aliphatic hydroxyl groups is 1. The van der Waals surface area contributed by atoms with Gasteiger partial charge in [-0.15, -0.1) is 0 Å². The second kappa shape index (κ2) is 11.7. The summed E-state index contributed by atoms with van der Waals surface area (Å²) >= 11 is 0. The van der Waals surface area contributed by atoms with Crippen LogP contribution in [0.1, 0.15) is 22.1 Å². The monoisotopic (exact) mass is 639 g/mol. The maximum absolute atomic E-state index is 13.3. The summed E-state index contributed by atoms with van der Waals surface area (Å²) in [6.07, 6.45) is -3.77. The number of carboxylic acid groups (broad SMARTS) is 2. The number of carbonyl (C=O) groups is 3. The van der Waals surface area contributed by atoms with E-state index in [1.54, 1.807) is 0 Å². The Labute approximate surface area is 243 Å². The number of phosphoric ester groups is 1. The van der Waals surface area contributed by atoms with E-state index < -0.39 is 92.7 Å². The van der Waals surface area contributed by atoms with Gasteiger partial charge in [-0.3, -0.25) is 52.4 Å². The number of hydrogen-bond donors (Lipinski definition) is 5. The lowest BCUT2D eigenvalue weighted by Gasteiger charge is -2.30. The van der Waals surface area contributed by atoms with Gasteiger partial charge in [-0.1, -0.05) is 0 Å². The first-order valence-corrected chi connectivity index (χ1v) is 13.9. The van der Waals surface area contributed by atoms with Crippen LogP contribution in [-0.2, 0) is 39.1 Å². The van der Waals surface area contributed by atoms with Gasteiger partial charge in [-0.05, 0) is 12.1 Å². The van der Waals surface area contributed by atoms with Gasteiger partial charge >= 0.3 is 19.8 Å². The number of nitrogens with two attached hydrogens (primary N) is 1. The van der Waals surface area contributed by atoms with Gasteiger partial charge < -0.3 is 30.7 Å². The van der Waals surface area contributed by atoms with Crippen LogP contribution < -0.4 is 11.3 Å². The number of imidazole rings is 1. The summed E-state index contributed by atoms with van der Waals surface area (Å²) in [4.78, 5) is 68.5. The molecule has 0 saturated carbocycles. The Balaban J connectivity index is 1.31. The zero-order valence-corrected chi connectivity index (χ0v) is 22.9. The number of phosphoric acid groups is 1. The first-order chi connectivity index (χ1) is 20.8. The second-order valence-corrected chi connectivity index (χ2v) is 11.1. The number of benzene rings is 1. The van der Waals surface area contributed by atoms with Crippen LogP contribution in [0.2, 0.25) is 0 Å². The minimum Gasteiger partial charge on any atom is -0.480 e. The summed E-state index contributed by atoms with van der Waals surface area (Å²) in [5, 5.41) is 40.7. The number of aliphatic hydroxyl groups excluding tert-OH is 1. The van der Waals surface area contributed by atoms with Gasteiger partial charge in [-0.25, -0.2) is 9.55 Å². The van der Waals surface area contributed by atoms with E-state index in [0.717, 1.165) is 18.2 Å². The molecule has 2 aliphatic rings. The van der Waals surface area contributed by atoms with Gasteiger partial charge in [0.1, 0.15) is 31.4 Å². The highest BCUT2D eigenvalue weighted by Gasteiger charge is 2.53. The molecule has 0 radical (unpaired) electrons. The number of aromatic nitrogens is 4. The number of nitro groups is 1. The number of amides is 1. The number of carboxylic acids is 2. The van der Waals surface area contributed by atoms with E-state index in [1.807, 2.05) is 0 Å². The lowest BCUT2D eigenvalue weighted by Crippen LogP contribution is -2.39. The number of nitro benzene ring substituents is 1. The van der Waals surface area contributed by atoms with Crippen molar-refractivity contribution in [1.82, 2.24) is 24.4 Å². The predicted molar refractivity (Wildman–Crippen MR) is 140 cm³/mol. The summed E-state index contributed by atoms with van der Waals surface area (Å²) in [7, 11) is -4.47. The van der Waals surface area contributed by atoms with Crippen molar-refractivity contribution in [2.45, 2.75) is 31.1 Å².